The molecule has 2 saturated carbocycles. The van der Waals surface area contributed by atoms with Crippen molar-refractivity contribution in [3.8, 4) is 0 Å². The van der Waals surface area contributed by atoms with E-state index in [1.807, 2.05) is 0 Å². The summed E-state index contributed by atoms with van der Waals surface area (Å²) in [5, 5.41) is 0. The fourth-order valence-corrected chi connectivity index (χ4v) is 1.84. The van der Waals surface area contributed by atoms with Crippen LogP contribution in [0.15, 0.2) is 0 Å². The summed E-state index contributed by atoms with van der Waals surface area (Å²) >= 11 is 0. The lowest BCUT2D eigenvalue weighted by molar-refractivity contribution is 0.692. The van der Waals surface area contributed by atoms with Crippen LogP contribution in [0.5, 0.6) is 0 Å². The molecule has 1 unspecified atom stereocenters. The summed E-state index contributed by atoms with van der Waals surface area (Å²) in [6, 6.07) is 0. The topological polar surface area (TPSA) is 0 Å². The van der Waals surface area contributed by atoms with Gasteiger partial charge >= 0.3 is 0 Å². The van der Waals surface area contributed by atoms with Crippen LogP contribution in [-0.2, 0) is 0 Å². The molecule has 2 aliphatic carbocycles. The van der Waals surface area contributed by atoms with Gasteiger partial charge in [0.1, 0.15) is 0 Å². The fourth-order valence-electron chi connectivity index (χ4n) is 1.84. The molecular formula is C11H21. The molecule has 1 radical (unpaired) electrons. The van der Waals surface area contributed by atoms with Crippen LogP contribution >= 0.6 is 0 Å². The highest BCUT2D eigenvalue weighted by atomic mass is 14.1. The highest BCUT2D eigenvalue weighted by molar-refractivity contribution is 4.79. The molecule has 0 aromatic heterocycles. The lowest BCUT2D eigenvalue weighted by Gasteiger charge is -1.90. The van der Waals surface area contributed by atoms with Gasteiger partial charge in [0.15, 0.2) is 0 Å². The summed E-state index contributed by atoms with van der Waals surface area (Å²) in [6.45, 7) is 2.28. The molecule has 2 fully saturated rings. The molecule has 0 bridgehead atoms. The molecule has 0 aromatic carbocycles. The van der Waals surface area contributed by atoms with Gasteiger partial charge in [0.2, 0.25) is 0 Å². The number of rotatable bonds is 0. The fraction of sp³-hybridized carbons (Fsp3) is 0.909. The standard InChI is InChI=1S/C6H11.C5H10/c1-6-4-2-3-5-6;1-2-4-5-3-1/h4,6H,2-3,5H2,1H3;1-5H2. The van der Waals surface area contributed by atoms with E-state index in [4.69, 9.17) is 0 Å². The van der Waals surface area contributed by atoms with Crippen molar-refractivity contribution in [2.24, 2.45) is 5.92 Å². The molecule has 0 heteroatoms. The van der Waals surface area contributed by atoms with E-state index in [1.165, 1.54) is 51.4 Å². The van der Waals surface area contributed by atoms with Crippen LogP contribution in [0, 0.1) is 12.3 Å². The first-order valence-electron chi connectivity index (χ1n) is 5.23. The van der Waals surface area contributed by atoms with Crippen LogP contribution in [0.3, 0.4) is 0 Å². The molecule has 2 aliphatic rings. The Morgan fingerprint density at radius 3 is 1.64 bits per heavy atom. The van der Waals surface area contributed by atoms with E-state index < -0.39 is 0 Å². The summed E-state index contributed by atoms with van der Waals surface area (Å²) in [7, 11) is 0. The van der Waals surface area contributed by atoms with Gasteiger partial charge in [0, 0.05) is 0 Å². The van der Waals surface area contributed by atoms with E-state index >= 15 is 0 Å². The minimum Gasteiger partial charge on any atom is -0.0622 e. The number of hydrogen-bond donors (Lipinski definition) is 0. The van der Waals surface area contributed by atoms with E-state index in [-0.39, 0.29) is 0 Å². The Morgan fingerprint density at radius 2 is 1.45 bits per heavy atom. The molecule has 0 N–H and O–H groups in total. The van der Waals surface area contributed by atoms with Crippen molar-refractivity contribution < 1.29 is 0 Å². The Balaban J connectivity index is 0.000000112. The van der Waals surface area contributed by atoms with Crippen molar-refractivity contribution in [1.29, 1.82) is 0 Å². The summed E-state index contributed by atoms with van der Waals surface area (Å²) in [6.07, 6.45) is 14.1. The van der Waals surface area contributed by atoms with Crippen molar-refractivity contribution in [3.63, 3.8) is 0 Å². The largest absolute Gasteiger partial charge is 0.0622 e. The second kappa shape index (κ2) is 5.62. The van der Waals surface area contributed by atoms with Gasteiger partial charge in [-0.05, 0) is 18.8 Å². The van der Waals surface area contributed by atoms with Crippen molar-refractivity contribution in [3.05, 3.63) is 6.42 Å². The maximum absolute atomic E-state index is 2.40. The van der Waals surface area contributed by atoms with E-state index in [9.17, 15) is 0 Å². The van der Waals surface area contributed by atoms with Crippen LogP contribution in [0.4, 0.5) is 0 Å². The third-order valence-electron chi connectivity index (χ3n) is 2.68. The minimum absolute atomic E-state index is 0.921. The van der Waals surface area contributed by atoms with Gasteiger partial charge in [-0.1, -0.05) is 51.9 Å². The van der Waals surface area contributed by atoms with Gasteiger partial charge in [0.25, 0.3) is 0 Å². The molecule has 0 heterocycles. The average Bonchev–Trinajstić information content (AvgIpc) is 2.57. The lowest BCUT2D eigenvalue weighted by Crippen LogP contribution is -1.79. The van der Waals surface area contributed by atoms with Crippen LogP contribution in [-0.4, -0.2) is 0 Å². The SMILES string of the molecule is C1CCCC1.CC1[CH]CCC1. The third kappa shape index (κ3) is 4.44. The first-order valence-corrected chi connectivity index (χ1v) is 5.23. The molecule has 0 spiro atoms. The van der Waals surface area contributed by atoms with Crippen molar-refractivity contribution in [1.82, 2.24) is 0 Å². The molecule has 11 heavy (non-hydrogen) atoms. The van der Waals surface area contributed by atoms with Crippen LogP contribution in [0.2, 0.25) is 0 Å². The normalized spacial score (nSPS) is 24.8. The summed E-state index contributed by atoms with van der Waals surface area (Å²) in [5.41, 5.74) is 0. The van der Waals surface area contributed by atoms with Crippen LogP contribution < -0.4 is 0 Å². The van der Waals surface area contributed by atoms with Crippen molar-refractivity contribution in [2.45, 2.75) is 58.3 Å². The van der Waals surface area contributed by atoms with Gasteiger partial charge in [-0.25, -0.2) is 0 Å². The van der Waals surface area contributed by atoms with Crippen molar-refractivity contribution in [2.75, 3.05) is 0 Å². The van der Waals surface area contributed by atoms with Crippen LogP contribution in [0.1, 0.15) is 58.3 Å². The number of hydrogen-bond acceptors (Lipinski definition) is 0. The maximum atomic E-state index is 2.40. The maximum Gasteiger partial charge on any atom is -0.0358 e. The highest BCUT2D eigenvalue weighted by Crippen LogP contribution is 2.21. The zero-order chi connectivity index (χ0) is 7.94. The van der Waals surface area contributed by atoms with E-state index in [2.05, 4.69) is 13.3 Å². The third-order valence-corrected chi connectivity index (χ3v) is 2.68. The first kappa shape index (κ1) is 9.09. The molecule has 1 atom stereocenters. The Bertz CT molecular complexity index is 68.4. The van der Waals surface area contributed by atoms with E-state index in [0.717, 1.165) is 5.92 Å². The van der Waals surface area contributed by atoms with Gasteiger partial charge in [0.05, 0.1) is 0 Å². The van der Waals surface area contributed by atoms with E-state index in [1.54, 1.807) is 0 Å². The summed E-state index contributed by atoms with van der Waals surface area (Å²) in [5.74, 6) is 0.921. The molecule has 0 saturated heterocycles. The molecule has 65 valence electrons. The summed E-state index contributed by atoms with van der Waals surface area (Å²) in [4.78, 5) is 0. The minimum atomic E-state index is 0.921. The van der Waals surface area contributed by atoms with Gasteiger partial charge < -0.3 is 0 Å². The molecule has 0 amide bonds. The Hall–Kier alpha value is 0. The molecule has 0 aliphatic heterocycles. The quantitative estimate of drug-likeness (QED) is 0.494. The van der Waals surface area contributed by atoms with Gasteiger partial charge in [-0.15, -0.1) is 0 Å². The first-order chi connectivity index (χ1) is 5.39. The van der Waals surface area contributed by atoms with Gasteiger partial charge in [-0.2, -0.15) is 0 Å². The highest BCUT2D eigenvalue weighted by Gasteiger charge is 2.07. The summed E-state index contributed by atoms with van der Waals surface area (Å²) < 4.78 is 0. The average molecular weight is 153 g/mol. The predicted molar refractivity (Wildman–Crippen MR) is 50.4 cm³/mol. The Kier molecular flexibility index (Phi) is 4.65. The molecule has 0 aromatic rings. The second-order valence-electron chi connectivity index (χ2n) is 3.91. The Labute approximate surface area is 71.4 Å². The molecule has 0 nitrogen and oxygen atoms in total. The smallest absolute Gasteiger partial charge is 0.0358 e. The zero-order valence-corrected chi connectivity index (χ0v) is 7.81. The van der Waals surface area contributed by atoms with E-state index in [0.29, 0.717) is 0 Å². The van der Waals surface area contributed by atoms with Crippen LogP contribution in [0.25, 0.3) is 0 Å². The monoisotopic (exact) mass is 153 g/mol. The molecular weight excluding hydrogens is 132 g/mol. The molecule has 2 rings (SSSR count). The van der Waals surface area contributed by atoms with Crippen molar-refractivity contribution >= 4 is 0 Å². The predicted octanol–water partition coefficient (Wildman–Crippen LogP) is 3.96. The Morgan fingerprint density at radius 1 is 0.909 bits per heavy atom. The zero-order valence-electron chi connectivity index (χ0n) is 7.81. The van der Waals surface area contributed by atoms with Gasteiger partial charge in [-0.3, -0.25) is 0 Å². The second-order valence-corrected chi connectivity index (χ2v) is 3.91. The lowest BCUT2D eigenvalue weighted by atomic mass is 10.2.